The molecule has 0 unspecified atom stereocenters. The number of rotatable bonds is 4. The maximum Gasteiger partial charge on any atom is 0.0551 e. The summed E-state index contributed by atoms with van der Waals surface area (Å²) in [5.41, 5.74) is 5.79. The van der Waals surface area contributed by atoms with E-state index < -0.39 is 0 Å². The maximum atomic E-state index is 3.82. The number of fused-ring (bicyclic) bond motifs is 1. The van der Waals surface area contributed by atoms with Gasteiger partial charge in [-0.3, -0.25) is 0 Å². The average molecular weight is 450 g/mol. The van der Waals surface area contributed by atoms with Gasteiger partial charge in [0.2, 0.25) is 0 Å². The summed E-state index contributed by atoms with van der Waals surface area (Å²) in [5, 5.41) is 2.45. The van der Waals surface area contributed by atoms with Gasteiger partial charge in [0.1, 0.15) is 0 Å². The molecule has 0 radical (unpaired) electrons. The summed E-state index contributed by atoms with van der Waals surface area (Å²) in [4.78, 5) is 2.36. The molecule has 0 aromatic heterocycles. The molecule has 1 nitrogen and oxygen atoms in total. The van der Waals surface area contributed by atoms with E-state index in [9.17, 15) is 0 Å². The van der Waals surface area contributed by atoms with Gasteiger partial charge >= 0.3 is 0 Å². The number of hydrogen-bond donors (Lipinski definition) is 0. The lowest BCUT2D eigenvalue weighted by Crippen LogP contribution is -2.11. The Kier molecular flexibility index (Phi) is 5.08. The van der Waals surface area contributed by atoms with Gasteiger partial charge in [-0.2, -0.15) is 0 Å². The highest BCUT2D eigenvalue weighted by Gasteiger charge is 2.20. The molecule has 0 N–H and O–H groups in total. The molecule has 5 rings (SSSR count). The predicted molar refractivity (Wildman–Crippen MR) is 132 cm³/mol. The van der Waals surface area contributed by atoms with E-state index in [0.29, 0.717) is 0 Å². The Morgan fingerprint density at radius 2 is 1.10 bits per heavy atom. The summed E-state index contributed by atoms with van der Waals surface area (Å²) in [6, 6.07) is 42.6. The molecule has 0 amide bonds. The van der Waals surface area contributed by atoms with E-state index in [2.05, 4.69) is 142 Å². The molecule has 0 saturated heterocycles. The van der Waals surface area contributed by atoms with Crippen molar-refractivity contribution in [2.45, 2.75) is 0 Å². The Hall–Kier alpha value is -3.36. The van der Waals surface area contributed by atoms with Crippen LogP contribution < -0.4 is 4.90 Å². The molecule has 0 heterocycles. The van der Waals surface area contributed by atoms with Crippen LogP contribution >= 0.6 is 15.9 Å². The fraction of sp³-hybridized carbons (Fsp3) is 0. The topological polar surface area (TPSA) is 3.24 Å². The first-order chi connectivity index (χ1) is 14.8. The minimum Gasteiger partial charge on any atom is -0.309 e. The zero-order valence-electron chi connectivity index (χ0n) is 16.4. The number of anilines is 3. The van der Waals surface area contributed by atoms with Crippen molar-refractivity contribution < 1.29 is 0 Å². The third-order valence-electron chi connectivity index (χ3n) is 5.32. The summed E-state index contributed by atoms with van der Waals surface area (Å²) >= 11 is 3.82. The molecular formula is C28H20BrN. The van der Waals surface area contributed by atoms with Gasteiger partial charge in [0.15, 0.2) is 0 Å². The quantitative estimate of drug-likeness (QED) is 0.265. The van der Waals surface area contributed by atoms with Crippen LogP contribution in [-0.4, -0.2) is 0 Å². The van der Waals surface area contributed by atoms with Gasteiger partial charge in [0, 0.05) is 21.1 Å². The third kappa shape index (κ3) is 3.40. The summed E-state index contributed by atoms with van der Waals surface area (Å²) in [6.45, 7) is 0. The molecule has 0 aliphatic rings. The Balaban J connectivity index is 1.83. The SMILES string of the molecule is Brc1cccc(N(c2ccccc2)c2cccc3ccccc23)c1-c1ccccc1. The van der Waals surface area contributed by atoms with Crippen LogP contribution in [0.5, 0.6) is 0 Å². The molecule has 5 aromatic rings. The smallest absolute Gasteiger partial charge is 0.0551 e. The minimum absolute atomic E-state index is 1.08. The van der Waals surface area contributed by atoms with Crippen molar-refractivity contribution in [3.63, 3.8) is 0 Å². The van der Waals surface area contributed by atoms with E-state index in [-0.39, 0.29) is 0 Å². The molecule has 0 fully saturated rings. The number of nitrogens with zero attached hydrogens (tertiary/aromatic N) is 1. The lowest BCUT2D eigenvalue weighted by Gasteiger charge is -2.29. The molecule has 0 spiro atoms. The summed E-state index contributed by atoms with van der Waals surface area (Å²) in [6.07, 6.45) is 0. The lowest BCUT2D eigenvalue weighted by molar-refractivity contribution is 1.29. The Bertz CT molecular complexity index is 1290. The van der Waals surface area contributed by atoms with Crippen molar-refractivity contribution in [2.24, 2.45) is 0 Å². The molecule has 0 atom stereocenters. The van der Waals surface area contributed by atoms with Crippen LogP contribution in [0.4, 0.5) is 17.1 Å². The highest BCUT2D eigenvalue weighted by Crippen LogP contribution is 2.45. The molecule has 144 valence electrons. The van der Waals surface area contributed by atoms with E-state index in [1.807, 2.05) is 0 Å². The van der Waals surface area contributed by atoms with Crippen LogP contribution in [0.25, 0.3) is 21.9 Å². The fourth-order valence-electron chi connectivity index (χ4n) is 3.98. The van der Waals surface area contributed by atoms with Crippen LogP contribution in [-0.2, 0) is 0 Å². The van der Waals surface area contributed by atoms with Gasteiger partial charge in [-0.25, -0.2) is 0 Å². The Morgan fingerprint density at radius 3 is 1.90 bits per heavy atom. The second-order valence-electron chi connectivity index (χ2n) is 7.17. The molecular weight excluding hydrogens is 430 g/mol. The zero-order valence-corrected chi connectivity index (χ0v) is 18.0. The van der Waals surface area contributed by atoms with E-state index >= 15 is 0 Å². The van der Waals surface area contributed by atoms with Gasteiger partial charge in [0.25, 0.3) is 0 Å². The largest absolute Gasteiger partial charge is 0.309 e. The normalized spacial score (nSPS) is 10.8. The molecule has 0 aliphatic heterocycles. The Morgan fingerprint density at radius 1 is 0.500 bits per heavy atom. The number of hydrogen-bond acceptors (Lipinski definition) is 1. The van der Waals surface area contributed by atoms with Crippen molar-refractivity contribution in [2.75, 3.05) is 4.90 Å². The van der Waals surface area contributed by atoms with Gasteiger partial charge in [0.05, 0.1) is 11.4 Å². The van der Waals surface area contributed by atoms with Crippen LogP contribution in [0, 0.1) is 0 Å². The first-order valence-electron chi connectivity index (χ1n) is 10.00. The first-order valence-corrected chi connectivity index (χ1v) is 10.8. The van der Waals surface area contributed by atoms with E-state index in [1.54, 1.807) is 0 Å². The molecule has 0 saturated carbocycles. The van der Waals surface area contributed by atoms with Crippen LogP contribution in [0.1, 0.15) is 0 Å². The molecule has 0 bridgehead atoms. The van der Waals surface area contributed by atoms with Crippen LogP contribution in [0.3, 0.4) is 0 Å². The standard InChI is InChI=1S/C28H20BrN/c29-25-18-10-20-27(28(25)22-12-3-1-4-13-22)30(23-15-5-2-6-16-23)26-19-9-14-21-11-7-8-17-24(21)26/h1-20H. The monoisotopic (exact) mass is 449 g/mol. The second kappa shape index (κ2) is 8.17. The molecule has 0 aliphatic carbocycles. The maximum absolute atomic E-state index is 3.82. The van der Waals surface area contributed by atoms with Crippen molar-refractivity contribution in [3.8, 4) is 11.1 Å². The molecule has 2 heteroatoms. The zero-order chi connectivity index (χ0) is 20.3. The van der Waals surface area contributed by atoms with Crippen molar-refractivity contribution >= 4 is 43.8 Å². The van der Waals surface area contributed by atoms with Crippen molar-refractivity contribution in [1.29, 1.82) is 0 Å². The fourth-order valence-corrected chi connectivity index (χ4v) is 4.56. The average Bonchev–Trinajstić information content (AvgIpc) is 2.81. The van der Waals surface area contributed by atoms with Gasteiger partial charge in [-0.15, -0.1) is 0 Å². The summed E-state index contributed by atoms with van der Waals surface area (Å²) in [5.74, 6) is 0. The number of para-hydroxylation sites is 1. The van der Waals surface area contributed by atoms with Crippen molar-refractivity contribution in [3.05, 3.63) is 126 Å². The number of halogens is 1. The highest BCUT2D eigenvalue weighted by atomic mass is 79.9. The predicted octanol–water partition coefficient (Wildman–Crippen LogP) is 8.74. The minimum atomic E-state index is 1.08. The summed E-state index contributed by atoms with van der Waals surface area (Å²) < 4.78 is 1.08. The highest BCUT2D eigenvalue weighted by molar-refractivity contribution is 9.10. The molecule has 5 aromatic carbocycles. The second-order valence-corrected chi connectivity index (χ2v) is 8.02. The number of benzene rings is 5. The lowest BCUT2D eigenvalue weighted by atomic mass is 10.0. The van der Waals surface area contributed by atoms with Gasteiger partial charge in [-0.05, 0) is 41.3 Å². The van der Waals surface area contributed by atoms with E-state index in [4.69, 9.17) is 0 Å². The van der Waals surface area contributed by atoms with Crippen LogP contribution in [0.15, 0.2) is 126 Å². The molecule has 30 heavy (non-hydrogen) atoms. The van der Waals surface area contributed by atoms with E-state index in [1.165, 1.54) is 21.9 Å². The Labute approximate surface area is 185 Å². The van der Waals surface area contributed by atoms with Crippen LogP contribution in [0.2, 0.25) is 0 Å². The van der Waals surface area contributed by atoms with Gasteiger partial charge in [-0.1, -0.05) is 107 Å². The first kappa shape index (κ1) is 18.7. The van der Waals surface area contributed by atoms with Crippen molar-refractivity contribution in [1.82, 2.24) is 0 Å². The van der Waals surface area contributed by atoms with E-state index in [0.717, 1.165) is 21.5 Å². The summed E-state index contributed by atoms with van der Waals surface area (Å²) in [7, 11) is 0. The van der Waals surface area contributed by atoms with Gasteiger partial charge < -0.3 is 4.90 Å². The third-order valence-corrected chi connectivity index (χ3v) is 5.98.